The second-order valence-electron chi connectivity index (χ2n) is 5.35. The summed E-state index contributed by atoms with van der Waals surface area (Å²) in [5.74, 6) is -0.499. The lowest BCUT2D eigenvalue weighted by atomic mass is 10.1. The molecule has 0 bridgehead atoms. The molecule has 1 aliphatic rings. The first-order chi connectivity index (χ1) is 10.1. The summed E-state index contributed by atoms with van der Waals surface area (Å²) in [6.45, 7) is 2.27. The first kappa shape index (κ1) is 15.6. The lowest BCUT2D eigenvalue weighted by molar-refractivity contribution is -0.126. The topological polar surface area (TPSA) is 61.4 Å². The van der Waals surface area contributed by atoms with E-state index in [0.717, 1.165) is 18.7 Å². The van der Waals surface area contributed by atoms with Crippen LogP contribution in [0, 0.1) is 5.82 Å². The lowest BCUT2D eigenvalue weighted by Crippen LogP contribution is -2.57. The van der Waals surface area contributed by atoms with E-state index in [0.29, 0.717) is 19.3 Å². The Morgan fingerprint density at radius 3 is 2.86 bits per heavy atom. The van der Waals surface area contributed by atoms with E-state index in [2.05, 4.69) is 15.5 Å². The largest absolute Gasteiger partial charge is 0.345 e. The number of piperazine rings is 1. The Kier molecular flexibility index (Phi) is 5.41. The van der Waals surface area contributed by atoms with E-state index in [-0.39, 0.29) is 17.8 Å². The number of nitrogens with one attached hydrogen (secondary N) is 2. The molecular weight excluding hydrogens is 273 g/mol. The molecule has 1 aromatic carbocycles. The van der Waals surface area contributed by atoms with Gasteiger partial charge in [-0.25, -0.2) is 4.39 Å². The number of hydrogen-bond donors (Lipinski definition) is 2. The average Bonchev–Trinajstić information content (AvgIpc) is 2.48. The normalized spacial score (nSPS) is 20.8. The third kappa shape index (κ3) is 4.61. The van der Waals surface area contributed by atoms with Crippen molar-refractivity contribution in [3.05, 3.63) is 35.6 Å². The first-order valence-corrected chi connectivity index (χ1v) is 7.00. The number of nitrogens with zero attached hydrogens (tertiary/aromatic N) is 1. The van der Waals surface area contributed by atoms with Gasteiger partial charge in [-0.1, -0.05) is 12.1 Å². The molecule has 1 saturated heterocycles. The molecule has 114 valence electrons. The summed E-state index contributed by atoms with van der Waals surface area (Å²) in [6.07, 6.45) is 1.08. The maximum absolute atomic E-state index is 12.8. The summed E-state index contributed by atoms with van der Waals surface area (Å²) < 4.78 is 12.8. The molecule has 0 spiro atoms. The van der Waals surface area contributed by atoms with E-state index >= 15 is 0 Å². The Labute approximate surface area is 123 Å². The Hall–Kier alpha value is -1.79. The van der Waals surface area contributed by atoms with E-state index in [1.54, 1.807) is 12.1 Å². The summed E-state index contributed by atoms with van der Waals surface area (Å²) in [4.78, 5) is 25.3. The summed E-state index contributed by atoms with van der Waals surface area (Å²) in [6, 6.07) is 5.01. The van der Waals surface area contributed by atoms with Crippen LogP contribution in [0.1, 0.15) is 5.56 Å². The molecule has 0 aromatic heterocycles. The standard InChI is InChI=1S/C15H20FN3O2/c1-19-7-6-17-14(9-19)15(21)18-13(10-20)8-11-2-4-12(16)5-3-11/h2-5,10,13-14,17H,6-9H2,1H3,(H,18,21)/t13-,14?/m1/s1. The van der Waals surface area contributed by atoms with Crippen LogP contribution >= 0.6 is 0 Å². The van der Waals surface area contributed by atoms with Crippen LogP contribution < -0.4 is 10.6 Å². The zero-order valence-corrected chi connectivity index (χ0v) is 12.0. The van der Waals surface area contributed by atoms with Crippen LogP contribution in [0.15, 0.2) is 24.3 Å². The molecule has 2 rings (SSSR count). The molecule has 5 nitrogen and oxygen atoms in total. The van der Waals surface area contributed by atoms with Crippen molar-refractivity contribution in [2.24, 2.45) is 0 Å². The minimum Gasteiger partial charge on any atom is -0.345 e. The Morgan fingerprint density at radius 2 is 2.24 bits per heavy atom. The zero-order valence-electron chi connectivity index (χ0n) is 12.0. The Morgan fingerprint density at radius 1 is 1.52 bits per heavy atom. The molecule has 0 aliphatic carbocycles. The number of likely N-dealkylation sites (N-methyl/N-ethyl adjacent to an activating group) is 1. The van der Waals surface area contributed by atoms with Crippen molar-refractivity contribution in [1.29, 1.82) is 0 Å². The van der Waals surface area contributed by atoms with Crippen LogP contribution in [0.25, 0.3) is 0 Å². The van der Waals surface area contributed by atoms with Gasteiger partial charge in [-0.2, -0.15) is 0 Å². The second kappa shape index (κ2) is 7.28. The van der Waals surface area contributed by atoms with E-state index in [9.17, 15) is 14.0 Å². The fraction of sp³-hybridized carbons (Fsp3) is 0.467. The van der Waals surface area contributed by atoms with Gasteiger partial charge >= 0.3 is 0 Å². The highest BCUT2D eigenvalue weighted by molar-refractivity contribution is 5.84. The number of carbonyl (C=O) groups excluding carboxylic acids is 2. The van der Waals surface area contributed by atoms with Gasteiger partial charge < -0.3 is 20.3 Å². The van der Waals surface area contributed by atoms with E-state index in [1.807, 2.05) is 7.05 Å². The first-order valence-electron chi connectivity index (χ1n) is 7.00. The summed E-state index contributed by atoms with van der Waals surface area (Å²) in [5.41, 5.74) is 0.808. The van der Waals surface area contributed by atoms with Gasteiger partial charge in [0.25, 0.3) is 0 Å². The summed E-state index contributed by atoms with van der Waals surface area (Å²) in [5, 5.41) is 5.86. The van der Waals surface area contributed by atoms with Crippen LogP contribution in [0.2, 0.25) is 0 Å². The molecule has 2 N–H and O–H groups in total. The maximum Gasteiger partial charge on any atom is 0.239 e. The third-order valence-electron chi connectivity index (χ3n) is 3.56. The van der Waals surface area contributed by atoms with Crippen molar-refractivity contribution >= 4 is 12.2 Å². The van der Waals surface area contributed by atoms with E-state index in [1.165, 1.54) is 12.1 Å². The number of aldehydes is 1. The van der Waals surface area contributed by atoms with Gasteiger partial charge in [-0.05, 0) is 31.2 Å². The third-order valence-corrected chi connectivity index (χ3v) is 3.56. The van der Waals surface area contributed by atoms with E-state index in [4.69, 9.17) is 0 Å². The summed E-state index contributed by atoms with van der Waals surface area (Å²) >= 11 is 0. The number of carbonyl (C=O) groups is 2. The molecule has 1 aromatic rings. The molecule has 1 amide bonds. The predicted molar refractivity (Wildman–Crippen MR) is 77.4 cm³/mol. The predicted octanol–water partition coefficient (Wildman–Crippen LogP) is -0.0445. The molecule has 0 saturated carbocycles. The van der Waals surface area contributed by atoms with Crippen molar-refractivity contribution in [2.45, 2.75) is 18.5 Å². The van der Waals surface area contributed by atoms with Gasteiger partial charge in [-0.3, -0.25) is 4.79 Å². The summed E-state index contributed by atoms with van der Waals surface area (Å²) in [7, 11) is 1.96. The van der Waals surface area contributed by atoms with Crippen LogP contribution in [-0.4, -0.2) is 55.9 Å². The highest BCUT2D eigenvalue weighted by atomic mass is 19.1. The molecule has 6 heteroatoms. The quantitative estimate of drug-likeness (QED) is 0.748. The lowest BCUT2D eigenvalue weighted by Gasteiger charge is -2.30. The van der Waals surface area contributed by atoms with Crippen LogP contribution in [0.4, 0.5) is 4.39 Å². The Balaban J connectivity index is 1.90. The molecule has 2 atom stereocenters. The van der Waals surface area contributed by atoms with Gasteiger partial charge in [0.15, 0.2) is 0 Å². The zero-order chi connectivity index (χ0) is 15.2. The second-order valence-corrected chi connectivity index (χ2v) is 5.35. The van der Waals surface area contributed by atoms with Crippen molar-refractivity contribution in [3.8, 4) is 0 Å². The molecule has 21 heavy (non-hydrogen) atoms. The van der Waals surface area contributed by atoms with Crippen LogP contribution in [-0.2, 0) is 16.0 Å². The maximum atomic E-state index is 12.8. The molecule has 1 unspecified atom stereocenters. The molecular formula is C15H20FN3O2. The fourth-order valence-corrected chi connectivity index (χ4v) is 2.36. The molecule has 0 radical (unpaired) electrons. The van der Waals surface area contributed by atoms with Crippen molar-refractivity contribution < 1.29 is 14.0 Å². The van der Waals surface area contributed by atoms with Crippen molar-refractivity contribution in [2.75, 3.05) is 26.7 Å². The fourth-order valence-electron chi connectivity index (χ4n) is 2.36. The number of rotatable bonds is 5. The number of benzene rings is 1. The number of hydrogen-bond acceptors (Lipinski definition) is 4. The minimum absolute atomic E-state index is 0.180. The van der Waals surface area contributed by atoms with Crippen molar-refractivity contribution in [1.82, 2.24) is 15.5 Å². The molecule has 1 heterocycles. The highest BCUT2D eigenvalue weighted by Gasteiger charge is 2.25. The average molecular weight is 293 g/mol. The highest BCUT2D eigenvalue weighted by Crippen LogP contribution is 2.06. The smallest absolute Gasteiger partial charge is 0.239 e. The number of amides is 1. The Bertz CT molecular complexity index is 492. The van der Waals surface area contributed by atoms with Crippen LogP contribution in [0.3, 0.4) is 0 Å². The monoisotopic (exact) mass is 293 g/mol. The van der Waals surface area contributed by atoms with Crippen molar-refractivity contribution in [3.63, 3.8) is 0 Å². The van der Waals surface area contributed by atoms with Gasteiger partial charge in [0.2, 0.25) is 5.91 Å². The molecule has 1 aliphatic heterocycles. The van der Waals surface area contributed by atoms with Gasteiger partial charge in [0, 0.05) is 19.6 Å². The van der Waals surface area contributed by atoms with Crippen LogP contribution in [0.5, 0.6) is 0 Å². The van der Waals surface area contributed by atoms with Gasteiger partial charge in [0.05, 0.1) is 12.1 Å². The van der Waals surface area contributed by atoms with Gasteiger partial charge in [-0.15, -0.1) is 0 Å². The van der Waals surface area contributed by atoms with Gasteiger partial charge in [0.1, 0.15) is 12.1 Å². The SMILES string of the molecule is CN1CCNC(C(=O)N[C@@H](C=O)Cc2ccc(F)cc2)C1. The molecule has 1 fully saturated rings. The minimum atomic E-state index is -0.600. The number of halogens is 1. The van der Waals surface area contributed by atoms with E-state index < -0.39 is 6.04 Å².